The van der Waals surface area contributed by atoms with E-state index in [0.717, 1.165) is 52.0 Å². The number of methoxy groups -OCH3 is 1. The number of carbonyl (C=O) groups excluding carboxylic acids is 1. The molecule has 1 fully saturated rings. The zero-order valence-corrected chi connectivity index (χ0v) is 14.1. The molecule has 0 aromatic heterocycles. The van der Waals surface area contributed by atoms with E-state index in [0.29, 0.717) is 6.10 Å². The molecule has 1 saturated heterocycles. The number of nitrogens with one attached hydrogen (secondary N) is 1. The standard InChI is InChI=1S/C16H32N2O3/c1-5-10-17-16(3,15(19)20-4)9-11-18(6-2)13-14-8-7-12-21-14/h14,17H,5-13H2,1-4H3. The number of hydrogen-bond donors (Lipinski definition) is 1. The van der Waals surface area contributed by atoms with Gasteiger partial charge in [0.1, 0.15) is 5.54 Å². The predicted octanol–water partition coefficient (Wildman–Crippen LogP) is 1.81. The second-order valence-electron chi connectivity index (χ2n) is 6.03. The van der Waals surface area contributed by atoms with Crippen LogP contribution in [-0.4, -0.2) is 62.4 Å². The van der Waals surface area contributed by atoms with Crippen LogP contribution in [0.5, 0.6) is 0 Å². The van der Waals surface area contributed by atoms with E-state index >= 15 is 0 Å². The maximum atomic E-state index is 12.1. The molecule has 1 aliphatic rings. The number of rotatable bonds is 10. The average molecular weight is 300 g/mol. The van der Waals surface area contributed by atoms with E-state index in [2.05, 4.69) is 24.1 Å². The Labute approximate surface area is 129 Å². The van der Waals surface area contributed by atoms with Crippen LogP contribution in [0.15, 0.2) is 0 Å². The zero-order valence-electron chi connectivity index (χ0n) is 14.1. The van der Waals surface area contributed by atoms with Gasteiger partial charge in [0.05, 0.1) is 13.2 Å². The lowest BCUT2D eigenvalue weighted by molar-refractivity contribution is -0.148. The molecule has 0 bridgehead atoms. The first-order chi connectivity index (χ1) is 10.1. The fourth-order valence-corrected chi connectivity index (χ4v) is 2.73. The van der Waals surface area contributed by atoms with Crippen LogP contribution in [0, 0.1) is 0 Å². The number of carbonyl (C=O) groups is 1. The smallest absolute Gasteiger partial charge is 0.325 e. The van der Waals surface area contributed by atoms with Gasteiger partial charge in [0.25, 0.3) is 0 Å². The van der Waals surface area contributed by atoms with Crippen molar-refractivity contribution in [3.8, 4) is 0 Å². The highest BCUT2D eigenvalue weighted by Crippen LogP contribution is 2.16. The lowest BCUT2D eigenvalue weighted by atomic mass is 9.97. The van der Waals surface area contributed by atoms with E-state index in [1.807, 2.05) is 6.92 Å². The second kappa shape index (κ2) is 9.38. The van der Waals surface area contributed by atoms with Crippen molar-refractivity contribution in [2.45, 2.75) is 58.1 Å². The van der Waals surface area contributed by atoms with Crippen LogP contribution in [-0.2, 0) is 14.3 Å². The predicted molar refractivity (Wildman–Crippen MR) is 84.4 cm³/mol. The highest BCUT2D eigenvalue weighted by molar-refractivity contribution is 5.80. The summed E-state index contributed by atoms with van der Waals surface area (Å²) in [5.74, 6) is -0.177. The molecule has 1 rings (SSSR count). The van der Waals surface area contributed by atoms with Gasteiger partial charge in [-0.15, -0.1) is 0 Å². The topological polar surface area (TPSA) is 50.8 Å². The van der Waals surface area contributed by atoms with Gasteiger partial charge < -0.3 is 19.7 Å². The maximum Gasteiger partial charge on any atom is 0.325 e. The molecular formula is C16H32N2O3. The summed E-state index contributed by atoms with van der Waals surface area (Å²) in [7, 11) is 1.46. The fourth-order valence-electron chi connectivity index (χ4n) is 2.73. The summed E-state index contributed by atoms with van der Waals surface area (Å²) in [5.41, 5.74) is -0.602. The van der Waals surface area contributed by atoms with Crippen molar-refractivity contribution in [2.24, 2.45) is 0 Å². The fraction of sp³-hybridized carbons (Fsp3) is 0.938. The van der Waals surface area contributed by atoms with Crippen molar-refractivity contribution in [1.29, 1.82) is 0 Å². The summed E-state index contributed by atoms with van der Waals surface area (Å²) >= 11 is 0. The number of nitrogens with zero attached hydrogens (tertiary/aromatic N) is 1. The van der Waals surface area contributed by atoms with Crippen LogP contribution >= 0.6 is 0 Å². The molecule has 0 amide bonds. The Hall–Kier alpha value is -0.650. The average Bonchev–Trinajstić information content (AvgIpc) is 3.01. The van der Waals surface area contributed by atoms with Gasteiger partial charge in [0.2, 0.25) is 0 Å². The summed E-state index contributed by atoms with van der Waals surface area (Å²) in [6, 6.07) is 0. The van der Waals surface area contributed by atoms with Gasteiger partial charge in [-0.05, 0) is 45.7 Å². The summed E-state index contributed by atoms with van der Waals surface area (Å²) < 4.78 is 10.7. The number of ether oxygens (including phenoxy) is 2. The Morgan fingerprint density at radius 1 is 1.48 bits per heavy atom. The molecule has 21 heavy (non-hydrogen) atoms. The van der Waals surface area contributed by atoms with Gasteiger partial charge in [0, 0.05) is 19.7 Å². The van der Waals surface area contributed by atoms with E-state index in [4.69, 9.17) is 9.47 Å². The molecule has 5 heteroatoms. The van der Waals surface area contributed by atoms with Crippen molar-refractivity contribution in [3.63, 3.8) is 0 Å². The molecule has 0 radical (unpaired) electrons. The summed E-state index contributed by atoms with van der Waals surface area (Å²) in [6.45, 7) is 10.7. The normalized spacial score (nSPS) is 21.5. The van der Waals surface area contributed by atoms with Crippen LogP contribution in [0.2, 0.25) is 0 Å². The van der Waals surface area contributed by atoms with E-state index in [9.17, 15) is 4.79 Å². The molecule has 0 aromatic rings. The lowest BCUT2D eigenvalue weighted by Crippen LogP contribution is -2.52. The Bertz CT molecular complexity index is 306. The highest BCUT2D eigenvalue weighted by atomic mass is 16.5. The SMILES string of the molecule is CCCNC(C)(CCN(CC)CC1CCCO1)C(=O)OC. The largest absolute Gasteiger partial charge is 0.468 e. The van der Waals surface area contributed by atoms with Crippen molar-refractivity contribution < 1.29 is 14.3 Å². The molecule has 0 aliphatic carbocycles. The molecule has 1 aliphatic heterocycles. The lowest BCUT2D eigenvalue weighted by Gasteiger charge is -2.31. The molecule has 2 atom stereocenters. The molecule has 5 nitrogen and oxygen atoms in total. The quantitative estimate of drug-likeness (QED) is 0.624. The monoisotopic (exact) mass is 300 g/mol. The van der Waals surface area contributed by atoms with Crippen molar-refractivity contribution >= 4 is 5.97 Å². The number of esters is 1. The van der Waals surface area contributed by atoms with Gasteiger partial charge in [-0.2, -0.15) is 0 Å². The number of hydrogen-bond acceptors (Lipinski definition) is 5. The van der Waals surface area contributed by atoms with Crippen LogP contribution in [0.4, 0.5) is 0 Å². The van der Waals surface area contributed by atoms with E-state index in [1.165, 1.54) is 13.5 Å². The molecule has 1 N–H and O–H groups in total. The molecule has 0 saturated carbocycles. The van der Waals surface area contributed by atoms with E-state index in [-0.39, 0.29) is 5.97 Å². The molecule has 0 aromatic carbocycles. The molecule has 124 valence electrons. The zero-order chi connectivity index (χ0) is 15.7. The minimum atomic E-state index is -0.602. The minimum absolute atomic E-state index is 0.177. The third-order valence-corrected chi connectivity index (χ3v) is 4.26. The third-order valence-electron chi connectivity index (χ3n) is 4.26. The Kier molecular flexibility index (Phi) is 8.22. The molecule has 0 spiro atoms. The first-order valence-electron chi connectivity index (χ1n) is 8.23. The maximum absolute atomic E-state index is 12.1. The second-order valence-corrected chi connectivity index (χ2v) is 6.03. The van der Waals surface area contributed by atoms with Crippen LogP contribution in [0.25, 0.3) is 0 Å². The number of likely N-dealkylation sites (N-methyl/N-ethyl adjacent to an activating group) is 1. The molecule has 2 unspecified atom stereocenters. The minimum Gasteiger partial charge on any atom is -0.468 e. The van der Waals surface area contributed by atoms with E-state index in [1.54, 1.807) is 0 Å². The van der Waals surface area contributed by atoms with Gasteiger partial charge in [-0.3, -0.25) is 4.79 Å². The first kappa shape index (κ1) is 18.4. The van der Waals surface area contributed by atoms with Crippen LogP contribution in [0.3, 0.4) is 0 Å². The van der Waals surface area contributed by atoms with Crippen LogP contribution < -0.4 is 5.32 Å². The summed E-state index contributed by atoms with van der Waals surface area (Å²) in [6.07, 6.45) is 4.43. The highest BCUT2D eigenvalue weighted by Gasteiger charge is 2.34. The van der Waals surface area contributed by atoms with Gasteiger partial charge in [-0.1, -0.05) is 13.8 Å². The van der Waals surface area contributed by atoms with Crippen molar-refractivity contribution in [2.75, 3.05) is 39.9 Å². The summed E-state index contributed by atoms with van der Waals surface area (Å²) in [5, 5.41) is 3.34. The molecular weight excluding hydrogens is 268 g/mol. The Morgan fingerprint density at radius 2 is 2.24 bits per heavy atom. The van der Waals surface area contributed by atoms with Crippen LogP contribution in [0.1, 0.15) is 46.5 Å². The van der Waals surface area contributed by atoms with E-state index < -0.39 is 5.54 Å². The van der Waals surface area contributed by atoms with Gasteiger partial charge >= 0.3 is 5.97 Å². The molecule has 1 heterocycles. The summed E-state index contributed by atoms with van der Waals surface area (Å²) in [4.78, 5) is 14.4. The Morgan fingerprint density at radius 3 is 2.76 bits per heavy atom. The van der Waals surface area contributed by atoms with Gasteiger partial charge in [0.15, 0.2) is 0 Å². The first-order valence-corrected chi connectivity index (χ1v) is 8.23. The van der Waals surface area contributed by atoms with Gasteiger partial charge in [-0.25, -0.2) is 0 Å². The Balaban J connectivity index is 2.50. The third kappa shape index (κ3) is 5.93. The van der Waals surface area contributed by atoms with Crippen molar-refractivity contribution in [3.05, 3.63) is 0 Å². The van der Waals surface area contributed by atoms with Crippen molar-refractivity contribution in [1.82, 2.24) is 10.2 Å².